The standard InChI is InChI=1S/C16H20N2O4/c1-10-15(16(19)20)12-5-3-4-6-13(12)18(10)7-14-21-8-11(17-2)9-22-14/h3-6,11,14,17H,7-9H2,1-2H3,(H,19,20). The summed E-state index contributed by atoms with van der Waals surface area (Å²) in [6, 6.07) is 7.72. The Morgan fingerprint density at radius 1 is 1.36 bits per heavy atom. The number of aromatic nitrogens is 1. The summed E-state index contributed by atoms with van der Waals surface area (Å²) in [6.45, 7) is 3.48. The molecule has 0 unspecified atom stereocenters. The zero-order valence-electron chi connectivity index (χ0n) is 12.7. The van der Waals surface area contributed by atoms with Gasteiger partial charge in [-0.25, -0.2) is 4.79 Å². The van der Waals surface area contributed by atoms with E-state index in [1.54, 1.807) is 0 Å². The maximum atomic E-state index is 11.5. The second kappa shape index (κ2) is 6.08. The van der Waals surface area contributed by atoms with Crippen LogP contribution in [0.2, 0.25) is 0 Å². The number of rotatable bonds is 4. The Morgan fingerprint density at radius 3 is 2.68 bits per heavy atom. The van der Waals surface area contributed by atoms with E-state index in [0.717, 1.165) is 16.6 Å². The van der Waals surface area contributed by atoms with Crippen molar-refractivity contribution in [2.45, 2.75) is 25.8 Å². The molecule has 1 aromatic heterocycles. The highest BCUT2D eigenvalue weighted by molar-refractivity contribution is 6.05. The summed E-state index contributed by atoms with van der Waals surface area (Å²) < 4.78 is 13.4. The molecule has 1 aromatic carbocycles. The maximum absolute atomic E-state index is 11.5. The van der Waals surface area contributed by atoms with Gasteiger partial charge in [-0.3, -0.25) is 0 Å². The molecular weight excluding hydrogens is 284 g/mol. The first-order chi connectivity index (χ1) is 10.6. The van der Waals surface area contributed by atoms with Gasteiger partial charge < -0.3 is 24.5 Å². The van der Waals surface area contributed by atoms with Crippen LogP contribution in [0.25, 0.3) is 10.9 Å². The number of benzene rings is 1. The van der Waals surface area contributed by atoms with Crippen molar-refractivity contribution in [3.05, 3.63) is 35.5 Å². The summed E-state index contributed by atoms with van der Waals surface area (Å²) in [6.07, 6.45) is -0.360. The fraction of sp³-hybridized carbons (Fsp3) is 0.438. The van der Waals surface area contributed by atoms with Gasteiger partial charge in [-0.2, -0.15) is 0 Å². The number of nitrogens with one attached hydrogen (secondary N) is 1. The number of likely N-dealkylation sites (N-methyl/N-ethyl adjacent to an activating group) is 1. The second-order valence-corrected chi connectivity index (χ2v) is 5.48. The lowest BCUT2D eigenvalue weighted by molar-refractivity contribution is -0.194. The van der Waals surface area contributed by atoms with Gasteiger partial charge in [-0.1, -0.05) is 18.2 Å². The van der Waals surface area contributed by atoms with Crippen LogP contribution in [0.4, 0.5) is 0 Å². The first kappa shape index (κ1) is 15.0. The van der Waals surface area contributed by atoms with Crippen LogP contribution in [-0.4, -0.2) is 48.2 Å². The van der Waals surface area contributed by atoms with Crippen LogP contribution in [0.15, 0.2) is 24.3 Å². The largest absolute Gasteiger partial charge is 0.478 e. The van der Waals surface area contributed by atoms with Gasteiger partial charge >= 0.3 is 5.97 Å². The smallest absolute Gasteiger partial charge is 0.338 e. The Morgan fingerprint density at radius 2 is 2.05 bits per heavy atom. The first-order valence-electron chi connectivity index (χ1n) is 7.33. The average Bonchev–Trinajstić information content (AvgIpc) is 2.81. The lowest BCUT2D eigenvalue weighted by atomic mass is 10.1. The van der Waals surface area contributed by atoms with E-state index in [9.17, 15) is 9.90 Å². The van der Waals surface area contributed by atoms with Crippen molar-refractivity contribution in [2.24, 2.45) is 0 Å². The number of aromatic carboxylic acids is 1. The van der Waals surface area contributed by atoms with Crippen LogP contribution in [0.5, 0.6) is 0 Å². The van der Waals surface area contributed by atoms with E-state index in [2.05, 4.69) is 5.32 Å². The van der Waals surface area contributed by atoms with E-state index in [-0.39, 0.29) is 12.3 Å². The molecule has 0 spiro atoms. The zero-order valence-corrected chi connectivity index (χ0v) is 12.7. The highest BCUT2D eigenvalue weighted by atomic mass is 16.7. The molecule has 2 aromatic rings. The molecule has 1 aliphatic heterocycles. The molecule has 2 N–H and O–H groups in total. The van der Waals surface area contributed by atoms with Crippen molar-refractivity contribution in [2.75, 3.05) is 20.3 Å². The van der Waals surface area contributed by atoms with Crippen LogP contribution >= 0.6 is 0 Å². The monoisotopic (exact) mass is 304 g/mol. The van der Waals surface area contributed by atoms with E-state index in [0.29, 0.717) is 25.3 Å². The van der Waals surface area contributed by atoms with Gasteiger partial charge in [0.1, 0.15) is 0 Å². The van der Waals surface area contributed by atoms with Crippen LogP contribution in [-0.2, 0) is 16.0 Å². The van der Waals surface area contributed by atoms with Gasteiger partial charge in [0.2, 0.25) is 0 Å². The van der Waals surface area contributed by atoms with Crippen molar-refractivity contribution < 1.29 is 19.4 Å². The molecule has 2 heterocycles. The van der Waals surface area contributed by atoms with E-state index in [1.165, 1.54) is 0 Å². The van der Waals surface area contributed by atoms with Gasteiger partial charge in [0.25, 0.3) is 0 Å². The third-order valence-electron chi connectivity index (χ3n) is 4.15. The number of hydrogen-bond acceptors (Lipinski definition) is 4. The number of carboxylic acids is 1. The van der Waals surface area contributed by atoms with E-state index >= 15 is 0 Å². The van der Waals surface area contributed by atoms with Crippen molar-refractivity contribution in [3.63, 3.8) is 0 Å². The Kier molecular flexibility index (Phi) is 4.15. The minimum Gasteiger partial charge on any atom is -0.478 e. The van der Waals surface area contributed by atoms with Crippen molar-refractivity contribution in [1.29, 1.82) is 0 Å². The predicted molar refractivity (Wildman–Crippen MR) is 82.2 cm³/mol. The summed E-state index contributed by atoms with van der Waals surface area (Å²) in [5.41, 5.74) is 1.96. The molecule has 0 aliphatic carbocycles. The Hall–Kier alpha value is -1.89. The molecule has 0 saturated carbocycles. The number of carbonyl (C=O) groups is 1. The van der Waals surface area contributed by atoms with Gasteiger partial charge in [-0.05, 0) is 20.0 Å². The highest BCUT2D eigenvalue weighted by Crippen LogP contribution is 2.26. The molecule has 118 valence electrons. The summed E-state index contributed by atoms with van der Waals surface area (Å²) in [7, 11) is 1.88. The molecule has 0 atom stereocenters. The van der Waals surface area contributed by atoms with Gasteiger partial charge in [-0.15, -0.1) is 0 Å². The average molecular weight is 304 g/mol. The fourth-order valence-electron chi connectivity index (χ4n) is 2.90. The molecule has 0 radical (unpaired) electrons. The topological polar surface area (TPSA) is 72.7 Å². The lowest BCUT2D eigenvalue weighted by Crippen LogP contribution is -2.44. The van der Waals surface area contributed by atoms with Crippen molar-refractivity contribution in [1.82, 2.24) is 9.88 Å². The van der Waals surface area contributed by atoms with Gasteiger partial charge in [0, 0.05) is 16.6 Å². The molecule has 0 bridgehead atoms. The number of carboxylic acid groups (broad SMARTS) is 1. The summed E-state index contributed by atoms with van der Waals surface area (Å²) in [4.78, 5) is 11.5. The molecule has 3 rings (SSSR count). The van der Waals surface area contributed by atoms with Crippen LogP contribution in [0, 0.1) is 6.92 Å². The summed E-state index contributed by atoms with van der Waals surface area (Å²) in [5, 5.41) is 13.3. The second-order valence-electron chi connectivity index (χ2n) is 5.48. The predicted octanol–water partition coefficient (Wildman–Crippen LogP) is 1.61. The molecule has 1 fully saturated rings. The number of para-hydroxylation sites is 1. The van der Waals surface area contributed by atoms with E-state index < -0.39 is 5.97 Å². The molecule has 1 saturated heterocycles. The maximum Gasteiger partial charge on any atom is 0.338 e. The fourth-order valence-corrected chi connectivity index (χ4v) is 2.90. The Balaban J connectivity index is 1.91. The third kappa shape index (κ3) is 2.61. The lowest BCUT2D eigenvalue weighted by Gasteiger charge is -2.29. The quantitative estimate of drug-likeness (QED) is 0.898. The van der Waals surface area contributed by atoms with Crippen LogP contribution in [0.1, 0.15) is 16.1 Å². The van der Waals surface area contributed by atoms with Crippen LogP contribution < -0.4 is 5.32 Å². The SMILES string of the molecule is CNC1COC(Cn2c(C)c(C(=O)O)c3ccccc32)OC1. The molecule has 0 amide bonds. The summed E-state index contributed by atoms with van der Waals surface area (Å²) >= 11 is 0. The number of ether oxygens (including phenoxy) is 2. The van der Waals surface area contributed by atoms with Gasteiger partial charge in [0.05, 0.1) is 31.4 Å². The van der Waals surface area contributed by atoms with Crippen LogP contribution in [0.3, 0.4) is 0 Å². The normalized spacial score (nSPS) is 22.1. The first-order valence-corrected chi connectivity index (χ1v) is 7.33. The minimum atomic E-state index is -0.909. The third-order valence-corrected chi connectivity index (χ3v) is 4.15. The molecule has 1 aliphatic rings. The highest BCUT2D eigenvalue weighted by Gasteiger charge is 2.25. The zero-order chi connectivity index (χ0) is 15.7. The van der Waals surface area contributed by atoms with E-state index in [4.69, 9.17) is 9.47 Å². The van der Waals surface area contributed by atoms with E-state index in [1.807, 2.05) is 42.8 Å². The Labute approximate surface area is 128 Å². The summed E-state index contributed by atoms with van der Waals surface area (Å²) in [5.74, 6) is -0.909. The number of hydrogen-bond donors (Lipinski definition) is 2. The molecule has 6 heteroatoms. The minimum absolute atomic E-state index is 0.202. The molecule has 6 nitrogen and oxygen atoms in total. The number of fused-ring (bicyclic) bond motifs is 1. The van der Waals surface area contributed by atoms with Crippen molar-refractivity contribution >= 4 is 16.9 Å². The Bertz CT molecular complexity index is 687. The molecule has 22 heavy (non-hydrogen) atoms. The number of nitrogens with zero attached hydrogens (tertiary/aromatic N) is 1. The van der Waals surface area contributed by atoms with Crippen molar-refractivity contribution in [3.8, 4) is 0 Å². The molecular formula is C16H20N2O4. The van der Waals surface area contributed by atoms with Gasteiger partial charge in [0.15, 0.2) is 6.29 Å².